The molecular weight excluding hydrogens is 552 g/mol. The summed E-state index contributed by atoms with van der Waals surface area (Å²) in [7, 11) is 0. The number of amides is 1. The fourth-order valence-corrected chi connectivity index (χ4v) is 6.59. The quantitative estimate of drug-likeness (QED) is 0.338. The van der Waals surface area contributed by atoms with Crippen LogP contribution in [-0.2, 0) is 9.59 Å². The van der Waals surface area contributed by atoms with E-state index in [1.165, 1.54) is 29.7 Å². The fourth-order valence-electron chi connectivity index (χ4n) is 4.91. The van der Waals surface area contributed by atoms with Crippen molar-refractivity contribution in [3.8, 4) is 6.07 Å². The van der Waals surface area contributed by atoms with Crippen molar-refractivity contribution in [1.29, 1.82) is 5.26 Å². The molecule has 204 valence electrons. The van der Waals surface area contributed by atoms with Crippen LogP contribution < -0.4 is 16.0 Å². The van der Waals surface area contributed by atoms with Gasteiger partial charge in [0.1, 0.15) is 11.6 Å². The summed E-state index contributed by atoms with van der Waals surface area (Å²) < 4.78 is 6.08. The van der Waals surface area contributed by atoms with Gasteiger partial charge in [0.2, 0.25) is 11.0 Å². The van der Waals surface area contributed by atoms with Crippen LogP contribution in [0.15, 0.2) is 74.1 Å². The van der Waals surface area contributed by atoms with Gasteiger partial charge in [-0.1, -0.05) is 49.1 Å². The standard InChI is InChI=1S/C27H24N6O5S2/c1-27(2)10-17-22(18(34)11-27)21(19-8-5-9-38-19)15(12-28)23(29)33(17)25-31-32-26(40-25)39-13-20(35)30-16-7-4-3-6-14(16)24(36)37/h3-9,21H,10-11,13,29H2,1-2H3,(H,30,35)(H,36,37). The first-order valence-electron chi connectivity index (χ1n) is 12.2. The van der Waals surface area contributed by atoms with Gasteiger partial charge in [-0.25, -0.2) is 4.79 Å². The molecule has 3 aromatic rings. The number of carbonyl (C=O) groups is 3. The molecule has 5 rings (SSSR count). The summed E-state index contributed by atoms with van der Waals surface area (Å²) >= 11 is 2.29. The van der Waals surface area contributed by atoms with Gasteiger partial charge in [0.15, 0.2) is 10.1 Å². The normalized spacial score (nSPS) is 18.4. The minimum absolute atomic E-state index is 0.0124. The Kier molecular flexibility index (Phi) is 7.22. The van der Waals surface area contributed by atoms with Gasteiger partial charge in [-0.05, 0) is 36.1 Å². The Balaban J connectivity index is 1.43. The maximum Gasteiger partial charge on any atom is 0.337 e. The third-order valence-corrected chi connectivity index (χ3v) is 8.60. The molecule has 0 saturated heterocycles. The molecule has 2 aromatic heterocycles. The van der Waals surface area contributed by atoms with E-state index in [-0.39, 0.29) is 39.6 Å². The number of nitrogens with two attached hydrogens (primary N) is 1. The lowest BCUT2D eigenvalue weighted by Gasteiger charge is -2.42. The van der Waals surface area contributed by atoms with Crippen molar-refractivity contribution in [1.82, 2.24) is 10.2 Å². The van der Waals surface area contributed by atoms with Crippen molar-refractivity contribution in [2.45, 2.75) is 36.9 Å². The molecule has 1 unspecified atom stereocenters. The summed E-state index contributed by atoms with van der Waals surface area (Å²) in [4.78, 5) is 39.1. The summed E-state index contributed by atoms with van der Waals surface area (Å²) in [5, 5.41) is 30.9. The number of furan rings is 1. The number of benzene rings is 1. The molecule has 0 bridgehead atoms. The van der Waals surface area contributed by atoms with E-state index in [0.717, 1.165) is 11.8 Å². The SMILES string of the molecule is CC1(C)CC(=O)C2=C(C1)N(c1nnc(SCC(=O)Nc3ccccc3C(=O)O)s1)C(N)=C(C#N)C2c1ccco1. The molecule has 13 heteroatoms. The molecule has 0 saturated carbocycles. The number of aromatic nitrogens is 2. The van der Waals surface area contributed by atoms with Gasteiger partial charge in [0.25, 0.3) is 0 Å². The number of carbonyl (C=O) groups excluding carboxylic acids is 2. The van der Waals surface area contributed by atoms with Crippen LogP contribution in [0.25, 0.3) is 0 Å². The van der Waals surface area contributed by atoms with Crippen LogP contribution in [0.2, 0.25) is 0 Å². The van der Waals surface area contributed by atoms with Gasteiger partial charge in [0.05, 0.1) is 40.8 Å². The Morgan fingerprint density at radius 2 is 2.05 bits per heavy atom. The van der Waals surface area contributed by atoms with E-state index in [4.69, 9.17) is 10.2 Å². The summed E-state index contributed by atoms with van der Waals surface area (Å²) in [6.45, 7) is 3.99. The highest BCUT2D eigenvalue weighted by molar-refractivity contribution is 8.01. The van der Waals surface area contributed by atoms with Crippen molar-refractivity contribution in [2.75, 3.05) is 16.0 Å². The average Bonchev–Trinajstić information content (AvgIpc) is 3.59. The van der Waals surface area contributed by atoms with E-state index in [1.807, 2.05) is 13.8 Å². The number of hydrogen-bond donors (Lipinski definition) is 3. The molecule has 3 heterocycles. The van der Waals surface area contributed by atoms with Crippen molar-refractivity contribution in [3.63, 3.8) is 0 Å². The first kappa shape index (κ1) is 27.2. The van der Waals surface area contributed by atoms with Crippen molar-refractivity contribution in [3.05, 3.63) is 76.6 Å². The van der Waals surface area contributed by atoms with E-state index < -0.39 is 17.8 Å². The molecule has 1 aromatic carbocycles. The van der Waals surface area contributed by atoms with Crippen molar-refractivity contribution in [2.24, 2.45) is 11.1 Å². The second kappa shape index (κ2) is 10.6. The van der Waals surface area contributed by atoms with Gasteiger partial charge in [-0.2, -0.15) is 5.26 Å². The lowest BCUT2D eigenvalue weighted by Crippen LogP contribution is -2.42. The molecule has 40 heavy (non-hydrogen) atoms. The lowest BCUT2D eigenvalue weighted by atomic mass is 9.69. The Labute approximate surface area is 237 Å². The monoisotopic (exact) mass is 576 g/mol. The number of para-hydroxylation sites is 1. The van der Waals surface area contributed by atoms with Crippen LogP contribution in [0.4, 0.5) is 10.8 Å². The number of hydrogen-bond acceptors (Lipinski definition) is 11. The second-order valence-electron chi connectivity index (χ2n) is 10.0. The summed E-state index contributed by atoms with van der Waals surface area (Å²) in [6.07, 6.45) is 2.32. The minimum atomic E-state index is -1.14. The van der Waals surface area contributed by atoms with Crippen molar-refractivity contribution < 1.29 is 23.9 Å². The number of carboxylic acids is 1. The van der Waals surface area contributed by atoms with Crippen LogP contribution in [-0.4, -0.2) is 38.7 Å². The van der Waals surface area contributed by atoms with E-state index in [0.29, 0.717) is 39.3 Å². The number of carboxylic acid groups (broad SMARTS) is 1. The molecule has 0 fully saturated rings. The van der Waals surface area contributed by atoms with Gasteiger partial charge < -0.3 is 20.6 Å². The molecule has 0 spiro atoms. The molecule has 2 aliphatic rings. The minimum Gasteiger partial charge on any atom is -0.478 e. The highest BCUT2D eigenvalue weighted by atomic mass is 32.2. The molecule has 0 radical (unpaired) electrons. The number of nitriles is 1. The van der Waals surface area contributed by atoms with Gasteiger partial charge in [0, 0.05) is 17.7 Å². The third-order valence-electron chi connectivity index (χ3n) is 6.55. The Bertz CT molecular complexity index is 1620. The van der Waals surface area contributed by atoms with Gasteiger partial charge in [-0.3, -0.25) is 14.5 Å². The molecule has 1 amide bonds. The van der Waals surface area contributed by atoms with E-state index >= 15 is 0 Å². The number of aromatic carboxylic acids is 1. The predicted molar refractivity (Wildman–Crippen MR) is 148 cm³/mol. The topological polar surface area (TPSA) is 175 Å². The van der Waals surface area contributed by atoms with Crippen LogP contribution in [0.3, 0.4) is 0 Å². The summed E-state index contributed by atoms with van der Waals surface area (Å²) in [6, 6.07) is 11.7. The number of thioether (sulfide) groups is 1. The number of anilines is 2. The molecule has 4 N–H and O–H groups in total. The Morgan fingerprint density at radius 3 is 2.75 bits per heavy atom. The van der Waals surface area contributed by atoms with Gasteiger partial charge in [-0.15, -0.1) is 10.2 Å². The zero-order valence-electron chi connectivity index (χ0n) is 21.5. The van der Waals surface area contributed by atoms with Crippen LogP contribution in [0.1, 0.15) is 48.7 Å². The Morgan fingerprint density at radius 1 is 1.27 bits per heavy atom. The van der Waals surface area contributed by atoms with Crippen LogP contribution in [0, 0.1) is 16.7 Å². The zero-order chi connectivity index (χ0) is 28.6. The molecule has 1 atom stereocenters. The number of nitrogens with one attached hydrogen (secondary N) is 1. The number of allylic oxidation sites excluding steroid dienone is 3. The molecule has 1 aliphatic carbocycles. The number of Topliss-reactive ketones (excluding diaryl/α,β-unsaturated/α-hetero) is 1. The maximum atomic E-state index is 13.5. The number of rotatable bonds is 7. The lowest BCUT2D eigenvalue weighted by molar-refractivity contribution is -0.118. The summed E-state index contributed by atoms with van der Waals surface area (Å²) in [5.41, 5.74) is 7.70. The number of nitrogens with zero attached hydrogens (tertiary/aromatic N) is 4. The maximum absolute atomic E-state index is 13.5. The highest BCUT2D eigenvalue weighted by Crippen LogP contribution is 2.50. The fraction of sp³-hybridized carbons (Fsp3) is 0.259. The second-order valence-corrected chi connectivity index (χ2v) is 12.2. The molecule has 1 aliphatic heterocycles. The van der Waals surface area contributed by atoms with Gasteiger partial charge >= 0.3 is 5.97 Å². The van der Waals surface area contributed by atoms with E-state index in [2.05, 4.69) is 21.6 Å². The average molecular weight is 577 g/mol. The third kappa shape index (κ3) is 5.11. The largest absolute Gasteiger partial charge is 0.478 e. The molecule has 11 nitrogen and oxygen atoms in total. The first-order chi connectivity index (χ1) is 19.1. The van der Waals surface area contributed by atoms with Crippen molar-refractivity contribution >= 4 is 51.6 Å². The smallest absolute Gasteiger partial charge is 0.337 e. The zero-order valence-corrected chi connectivity index (χ0v) is 23.1. The predicted octanol–water partition coefficient (Wildman–Crippen LogP) is 4.50. The van der Waals surface area contributed by atoms with Crippen LogP contribution in [0.5, 0.6) is 0 Å². The Hall–Kier alpha value is -4.41. The highest BCUT2D eigenvalue weighted by Gasteiger charge is 2.46. The van der Waals surface area contributed by atoms with E-state index in [1.54, 1.807) is 29.2 Å². The van der Waals surface area contributed by atoms with Crippen LogP contribution >= 0.6 is 23.1 Å². The molecular formula is C27H24N6O5S2. The summed E-state index contributed by atoms with van der Waals surface area (Å²) in [5.74, 6) is -1.80. The first-order valence-corrected chi connectivity index (χ1v) is 14.0. The van der Waals surface area contributed by atoms with E-state index in [9.17, 15) is 24.8 Å². The number of ketones is 1.